The number of rotatable bonds is 2. The van der Waals surface area contributed by atoms with Crippen LogP contribution in [-0.2, 0) is 6.42 Å². The minimum atomic E-state index is -0.299. The SMILES string of the molecule is CCc1c(O)nc(-c2cc(C)nc(C)c2)[nH]c1=O. The third-order valence-electron chi connectivity index (χ3n) is 2.70. The lowest BCUT2D eigenvalue weighted by atomic mass is 10.1. The summed E-state index contributed by atoms with van der Waals surface area (Å²) in [6.45, 7) is 5.54. The van der Waals surface area contributed by atoms with Gasteiger partial charge in [-0.25, -0.2) is 0 Å². The first-order valence-electron chi connectivity index (χ1n) is 5.79. The van der Waals surface area contributed by atoms with Crippen LogP contribution in [0.1, 0.15) is 23.9 Å². The van der Waals surface area contributed by atoms with Gasteiger partial charge in [0.25, 0.3) is 5.56 Å². The molecule has 18 heavy (non-hydrogen) atoms. The third kappa shape index (κ3) is 2.25. The molecule has 2 aromatic rings. The van der Waals surface area contributed by atoms with Crippen LogP contribution >= 0.6 is 0 Å². The summed E-state index contributed by atoms with van der Waals surface area (Å²) in [6.07, 6.45) is 0.447. The van der Waals surface area contributed by atoms with Gasteiger partial charge in [0.15, 0.2) is 0 Å². The Kier molecular flexibility index (Phi) is 3.14. The second-order valence-electron chi connectivity index (χ2n) is 4.21. The number of nitrogens with one attached hydrogen (secondary N) is 1. The number of aromatic hydroxyl groups is 1. The van der Waals surface area contributed by atoms with E-state index in [2.05, 4.69) is 15.0 Å². The number of nitrogens with zero attached hydrogens (tertiary/aromatic N) is 2. The molecule has 2 aromatic heterocycles. The molecule has 0 saturated carbocycles. The summed E-state index contributed by atoms with van der Waals surface area (Å²) >= 11 is 0. The summed E-state index contributed by atoms with van der Waals surface area (Å²) in [5, 5.41) is 9.73. The van der Waals surface area contributed by atoms with Crippen molar-refractivity contribution in [1.29, 1.82) is 0 Å². The summed E-state index contributed by atoms with van der Waals surface area (Å²) in [5.41, 5.74) is 2.43. The molecule has 2 rings (SSSR count). The number of H-pyrrole nitrogens is 1. The molecule has 2 N–H and O–H groups in total. The Morgan fingerprint density at radius 3 is 2.33 bits per heavy atom. The fourth-order valence-electron chi connectivity index (χ4n) is 1.91. The number of pyridine rings is 1. The molecule has 2 heterocycles. The van der Waals surface area contributed by atoms with Crippen molar-refractivity contribution in [2.24, 2.45) is 0 Å². The highest BCUT2D eigenvalue weighted by molar-refractivity contribution is 5.56. The molecule has 94 valence electrons. The lowest BCUT2D eigenvalue weighted by molar-refractivity contribution is 0.444. The predicted octanol–water partition coefficient (Wildman–Crippen LogP) is 1.72. The van der Waals surface area contributed by atoms with E-state index >= 15 is 0 Å². The average molecular weight is 245 g/mol. The molecule has 0 aliphatic carbocycles. The standard InChI is InChI=1S/C13H15N3O2/c1-4-10-12(17)15-11(16-13(10)18)9-5-7(2)14-8(3)6-9/h5-6H,4H2,1-3H3,(H2,15,16,17,18). The smallest absolute Gasteiger partial charge is 0.258 e. The van der Waals surface area contributed by atoms with Crippen molar-refractivity contribution in [3.8, 4) is 17.3 Å². The van der Waals surface area contributed by atoms with Gasteiger partial charge >= 0.3 is 0 Å². The number of hydrogen-bond donors (Lipinski definition) is 2. The van der Waals surface area contributed by atoms with E-state index in [0.717, 1.165) is 17.0 Å². The second kappa shape index (κ2) is 4.60. The molecule has 5 heteroatoms. The van der Waals surface area contributed by atoms with Gasteiger partial charge in [-0.15, -0.1) is 0 Å². The van der Waals surface area contributed by atoms with Crippen LogP contribution in [0, 0.1) is 13.8 Å². The van der Waals surface area contributed by atoms with E-state index < -0.39 is 0 Å². The van der Waals surface area contributed by atoms with Crippen molar-refractivity contribution in [1.82, 2.24) is 15.0 Å². The summed E-state index contributed by atoms with van der Waals surface area (Å²) < 4.78 is 0. The summed E-state index contributed by atoms with van der Waals surface area (Å²) in [6, 6.07) is 3.63. The Bertz CT molecular complexity index is 627. The van der Waals surface area contributed by atoms with Crippen molar-refractivity contribution in [3.63, 3.8) is 0 Å². The van der Waals surface area contributed by atoms with Gasteiger partial charge in [-0.1, -0.05) is 6.92 Å². The third-order valence-corrected chi connectivity index (χ3v) is 2.70. The zero-order valence-corrected chi connectivity index (χ0v) is 10.6. The van der Waals surface area contributed by atoms with E-state index in [-0.39, 0.29) is 11.4 Å². The molecule has 0 amide bonds. The lowest BCUT2D eigenvalue weighted by Gasteiger charge is -2.06. The van der Waals surface area contributed by atoms with Crippen molar-refractivity contribution in [2.75, 3.05) is 0 Å². The first-order valence-corrected chi connectivity index (χ1v) is 5.79. The maximum atomic E-state index is 11.8. The minimum absolute atomic E-state index is 0.205. The molecule has 0 fully saturated rings. The molecule has 0 saturated heterocycles. The monoisotopic (exact) mass is 245 g/mol. The Labute approximate surface area is 105 Å². The van der Waals surface area contributed by atoms with Gasteiger partial charge in [-0.2, -0.15) is 4.98 Å². The zero-order valence-electron chi connectivity index (χ0n) is 10.6. The molecule has 0 spiro atoms. The van der Waals surface area contributed by atoms with Gasteiger partial charge in [0.05, 0.1) is 5.56 Å². The maximum Gasteiger partial charge on any atom is 0.258 e. The van der Waals surface area contributed by atoms with Crippen LogP contribution in [0.2, 0.25) is 0 Å². The van der Waals surface area contributed by atoms with Crippen LogP contribution in [0.25, 0.3) is 11.4 Å². The highest BCUT2D eigenvalue weighted by Crippen LogP contribution is 2.19. The van der Waals surface area contributed by atoms with Crippen LogP contribution in [0.5, 0.6) is 5.88 Å². The molecule has 5 nitrogen and oxygen atoms in total. The van der Waals surface area contributed by atoms with Gasteiger partial charge in [0.1, 0.15) is 5.82 Å². The molecular weight excluding hydrogens is 230 g/mol. The summed E-state index contributed by atoms with van der Waals surface area (Å²) in [4.78, 5) is 22.7. The Morgan fingerprint density at radius 1 is 1.22 bits per heavy atom. The molecule has 0 atom stereocenters. The molecular formula is C13H15N3O2. The first kappa shape index (κ1) is 12.3. The fourth-order valence-corrected chi connectivity index (χ4v) is 1.91. The fraction of sp³-hybridized carbons (Fsp3) is 0.308. The van der Waals surface area contributed by atoms with Gasteiger partial charge in [-0.05, 0) is 32.4 Å². The molecule has 0 aromatic carbocycles. The van der Waals surface area contributed by atoms with Gasteiger partial charge in [0, 0.05) is 17.0 Å². The van der Waals surface area contributed by atoms with E-state index in [1.165, 1.54) is 0 Å². The highest BCUT2D eigenvalue weighted by atomic mass is 16.3. The van der Waals surface area contributed by atoms with E-state index in [1.54, 1.807) is 6.92 Å². The van der Waals surface area contributed by atoms with Crippen molar-refractivity contribution in [2.45, 2.75) is 27.2 Å². The number of aromatic amines is 1. The average Bonchev–Trinajstić information content (AvgIpc) is 2.27. The number of aromatic nitrogens is 3. The summed E-state index contributed by atoms with van der Waals surface area (Å²) in [7, 11) is 0. The predicted molar refractivity (Wildman–Crippen MR) is 68.6 cm³/mol. The van der Waals surface area contributed by atoms with Crippen LogP contribution in [0.3, 0.4) is 0 Å². The molecule has 0 aliphatic heterocycles. The van der Waals surface area contributed by atoms with Crippen LogP contribution in [0.4, 0.5) is 0 Å². The normalized spacial score (nSPS) is 10.6. The van der Waals surface area contributed by atoms with Crippen molar-refractivity contribution >= 4 is 0 Å². The first-order chi connectivity index (χ1) is 8.51. The van der Waals surface area contributed by atoms with Crippen LogP contribution < -0.4 is 5.56 Å². The summed E-state index contributed by atoms with van der Waals surface area (Å²) in [5.74, 6) is 0.159. The number of hydrogen-bond acceptors (Lipinski definition) is 4. The Hall–Kier alpha value is -2.17. The molecule has 0 unspecified atom stereocenters. The van der Waals surface area contributed by atoms with E-state index in [9.17, 15) is 9.90 Å². The molecule has 0 bridgehead atoms. The second-order valence-corrected chi connectivity index (χ2v) is 4.21. The maximum absolute atomic E-state index is 11.8. The minimum Gasteiger partial charge on any atom is -0.493 e. The van der Waals surface area contributed by atoms with Crippen molar-refractivity contribution < 1.29 is 5.11 Å². The van der Waals surface area contributed by atoms with Crippen molar-refractivity contribution in [3.05, 3.63) is 39.4 Å². The molecule has 0 aliphatic rings. The van der Waals surface area contributed by atoms with Gasteiger partial charge in [0.2, 0.25) is 5.88 Å². The quantitative estimate of drug-likeness (QED) is 0.844. The zero-order chi connectivity index (χ0) is 13.3. The van der Waals surface area contributed by atoms with Gasteiger partial charge in [-0.3, -0.25) is 9.78 Å². The van der Waals surface area contributed by atoms with E-state index in [1.807, 2.05) is 26.0 Å². The van der Waals surface area contributed by atoms with E-state index in [4.69, 9.17) is 0 Å². The van der Waals surface area contributed by atoms with E-state index in [0.29, 0.717) is 17.8 Å². The Balaban J connectivity index is 2.61. The van der Waals surface area contributed by atoms with Crippen LogP contribution in [0.15, 0.2) is 16.9 Å². The topological polar surface area (TPSA) is 78.9 Å². The van der Waals surface area contributed by atoms with Crippen LogP contribution in [-0.4, -0.2) is 20.1 Å². The largest absolute Gasteiger partial charge is 0.493 e. The van der Waals surface area contributed by atoms with Gasteiger partial charge < -0.3 is 10.1 Å². The highest BCUT2D eigenvalue weighted by Gasteiger charge is 2.10. The number of aryl methyl sites for hydroxylation is 2. The molecule has 0 radical (unpaired) electrons. The Morgan fingerprint density at radius 2 is 1.83 bits per heavy atom. The lowest BCUT2D eigenvalue weighted by Crippen LogP contribution is -2.14.